The summed E-state index contributed by atoms with van der Waals surface area (Å²) in [6.07, 6.45) is 5.31. The van der Waals surface area contributed by atoms with E-state index in [-0.39, 0.29) is 0 Å². The molecule has 0 radical (unpaired) electrons. The van der Waals surface area contributed by atoms with Gasteiger partial charge in [0.25, 0.3) is 0 Å². The molecule has 1 atom stereocenters. The third-order valence-corrected chi connectivity index (χ3v) is 3.91. The highest BCUT2D eigenvalue weighted by Crippen LogP contribution is 2.32. The summed E-state index contributed by atoms with van der Waals surface area (Å²) in [5.41, 5.74) is 2.77. The molecule has 1 N–H and O–H groups in total. The van der Waals surface area contributed by atoms with Gasteiger partial charge in [-0.05, 0) is 43.0 Å². The second kappa shape index (κ2) is 4.69. The highest BCUT2D eigenvalue weighted by molar-refractivity contribution is 5.40. The standard InChI is InChI=1S/C15H21NO/c1-11(16-8-6-12-2-3-12)13-4-5-15-14(10-13)7-9-17-15/h4-5,10-12,16H,2-3,6-9H2,1H3. The van der Waals surface area contributed by atoms with E-state index in [1.165, 1.54) is 30.4 Å². The molecule has 0 amide bonds. The number of hydrogen-bond acceptors (Lipinski definition) is 2. The number of benzene rings is 1. The molecule has 1 unspecified atom stereocenters. The molecule has 3 rings (SSSR count). The van der Waals surface area contributed by atoms with E-state index < -0.39 is 0 Å². The van der Waals surface area contributed by atoms with E-state index in [1.54, 1.807) is 0 Å². The van der Waals surface area contributed by atoms with Crippen LogP contribution in [0.5, 0.6) is 5.75 Å². The van der Waals surface area contributed by atoms with E-state index in [0.29, 0.717) is 6.04 Å². The second-order valence-electron chi connectivity index (χ2n) is 5.37. The van der Waals surface area contributed by atoms with Crippen LogP contribution >= 0.6 is 0 Å². The minimum atomic E-state index is 0.458. The van der Waals surface area contributed by atoms with Crippen LogP contribution in [0.15, 0.2) is 18.2 Å². The van der Waals surface area contributed by atoms with Crippen molar-refractivity contribution in [3.05, 3.63) is 29.3 Å². The zero-order chi connectivity index (χ0) is 11.7. The first-order valence-electron chi connectivity index (χ1n) is 6.82. The minimum Gasteiger partial charge on any atom is -0.493 e. The maximum atomic E-state index is 5.53. The highest BCUT2D eigenvalue weighted by Gasteiger charge is 2.20. The van der Waals surface area contributed by atoms with Crippen molar-refractivity contribution in [2.45, 2.75) is 38.6 Å². The van der Waals surface area contributed by atoms with E-state index in [2.05, 4.69) is 30.4 Å². The molecule has 0 bridgehead atoms. The summed E-state index contributed by atoms with van der Waals surface area (Å²) in [4.78, 5) is 0. The minimum absolute atomic E-state index is 0.458. The second-order valence-corrected chi connectivity index (χ2v) is 5.37. The van der Waals surface area contributed by atoms with Crippen LogP contribution in [0, 0.1) is 5.92 Å². The molecule has 0 saturated heterocycles. The Morgan fingerprint density at radius 3 is 3.12 bits per heavy atom. The van der Waals surface area contributed by atoms with Crippen LogP contribution in [-0.2, 0) is 6.42 Å². The number of ether oxygens (including phenoxy) is 1. The van der Waals surface area contributed by atoms with E-state index in [4.69, 9.17) is 4.74 Å². The summed E-state index contributed by atoms with van der Waals surface area (Å²) < 4.78 is 5.53. The molecule has 1 heterocycles. The van der Waals surface area contributed by atoms with E-state index in [1.807, 2.05) is 0 Å². The Morgan fingerprint density at radius 2 is 2.29 bits per heavy atom. The molecule has 92 valence electrons. The molecule has 1 aromatic rings. The lowest BCUT2D eigenvalue weighted by Crippen LogP contribution is -2.20. The Kier molecular flexibility index (Phi) is 3.06. The monoisotopic (exact) mass is 231 g/mol. The van der Waals surface area contributed by atoms with Gasteiger partial charge in [0.05, 0.1) is 6.61 Å². The lowest BCUT2D eigenvalue weighted by atomic mass is 10.0. The predicted octanol–water partition coefficient (Wildman–Crippen LogP) is 3.07. The Bertz CT molecular complexity index is 398. The molecule has 0 aromatic heterocycles. The number of hydrogen-bond donors (Lipinski definition) is 1. The third-order valence-electron chi connectivity index (χ3n) is 3.91. The van der Waals surface area contributed by atoms with E-state index in [0.717, 1.165) is 31.2 Å². The van der Waals surface area contributed by atoms with Crippen LogP contribution in [0.25, 0.3) is 0 Å². The molecule has 2 aliphatic rings. The number of rotatable bonds is 5. The topological polar surface area (TPSA) is 21.3 Å². The van der Waals surface area contributed by atoms with Gasteiger partial charge < -0.3 is 10.1 Å². The fourth-order valence-corrected chi connectivity index (χ4v) is 2.50. The van der Waals surface area contributed by atoms with Crippen molar-refractivity contribution in [1.29, 1.82) is 0 Å². The highest BCUT2D eigenvalue weighted by atomic mass is 16.5. The third kappa shape index (κ3) is 2.63. The van der Waals surface area contributed by atoms with Gasteiger partial charge in [-0.3, -0.25) is 0 Å². The number of fused-ring (bicyclic) bond motifs is 1. The molecule has 1 aliphatic carbocycles. The fraction of sp³-hybridized carbons (Fsp3) is 0.600. The van der Waals surface area contributed by atoms with Gasteiger partial charge >= 0.3 is 0 Å². The lowest BCUT2D eigenvalue weighted by molar-refractivity contribution is 0.356. The van der Waals surface area contributed by atoms with Crippen LogP contribution in [-0.4, -0.2) is 13.2 Å². The molecule has 2 nitrogen and oxygen atoms in total. The van der Waals surface area contributed by atoms with Crippen LogP contribution in [0.2, 0.25) is 0 Å². The van der Waals surface area contributed by atoms with Gasteiger partial charge in [-0.2, -0.15) is 0 Å². The van der Waals surface area contributed by atoms with Crippen molar-refractivity contribution < 1.29 is 4.74 Å². The number of nitrogens with one attached hydrogen (secondary N) is 1. The average Bonchev–Trinajstić information content (AvgIpc) is 3.04. The van der Waals surface area contributed by atoms with Gasteiger partial charge in [-0.1, -0.05) is 25.0 Å². The summed E-state index contributed by atoms with van der Waals surface area (Å²) in [5.74, 6) is 2.10. The summed E-state index contributed by atoms with van der Waals surface area (Å²) in [7, 11) is 0. The van der Waals surface area contributed by atoms with Gasteiger partial charge in [0.2, 0.25) is 0 Å². The first kappa shape index (κ1) is 11.1. The van der Waals surface area contributed by atoms with Gasteiger partial charge in [0.15, 0.2) is 0 Å². The summed E-state index contributed by atoms with van der Waals surface area (Å²) in [6.45, 7) is 4.26. The lowest BCUT2D eigenvalue weighted by Gasteiger charge is -2.15. The molecule has 1 aromatic carbocycles. The smallest absolute Gasteiger partial charge is 0.122 e. The SMILES string of the molecule is CC(NCCC1CC1)c1ccc2c(c1)CCO2. The van der Waals surface area contributed by atoms with Gasteiger partial charge in [0, 0.05) is 12.5 Å². The average molecular weight is 231 g/mol. The molecule has 1 fully saturated rings. The van der Waals surface area contributed by atoms with Crippen molar-refractivity contribution in [3.63, 3.8) is 0 Å². The van der Waals surface area contributed by atoms with Crippen molar-refractivity contribution >= 4 is 0 Å². The molecule has 2 heteroatoms. The molecule has 0 spiro atoms. The largest absolute Gasteiger partial charge is 0.493 e. The Hall–Kier alpha value is -1.02. The van der Waals surface area contributed by atoms with Gasteiger partial charge in [0.1, 0.15) is 5.75 Å². The molecular formula is C15H21NO. The predicted molar refractivity (Wildman–Crippen MR) is 69.4 cm³/mol. The summed E-state index contributed by atoms with van der Waals surface area (Å²) in [5, 5.41) is 3.62. The van der Waals surface area contributed by atoms with Crippen molar-refractivity contribution in [2.75, 3.05) is 13.2 Å². The maximum absolute atomic E-state index is 5.53. The zero-order valence-corrected chi connectivity index (χ0v) is 10.5. The van der Waals surface area contributed by atoms with Crippen molar-refractivity contribution in [3.8, 4) is 5.75 Å². The zero-order valence-electron chi connectivity index (χ0n) is 10.5. The summed E-state index contributed by atoms with van der Waals surface area (Å²) >= 11 is 0. The molecular weight excluding hydrogens is 210 g/mol. The summed E-state index contributed by atoms with van der Waals surface area (Å²) in [6, 6.07) is 7.08. The van der Waals surface area contributed by atoms with Gasteiger partial charge in [-0.25, -0.2) is 0 Å². The Morgan fingerprint density at radius 1 is 1.41 bits per heavy atom. The van der Waals surface area contributed by atoms with E-state index in [9.17, 15) is 0 Å². The first-order valence-corrected chi connectivity index (χ1v) is 6.82. The molecule has 1 aliphatic heterocycles. The molecule has 1 saturated carbocycles. The van der Waals surface area contributed by atoms with Crippen molar-refractivity contribution in [2.24, 2.45) is 5.92 Å². The van der Waals surface area contributed by atoms with Crippen molar-refractivity contribution in [1.82, 2.24) is 5.32 Å². The van der Waals surface area contributed by atoms with Crippen LogP contribution < -0.4 is 10.1 Å². The van der Waals surface area contributed by atoms with Crippen LogP contribution in [0.3, 0.4) is 0 Å². The quantitative estimate of drug-likeness (QED) is 0.841. The first-order chi connectivity index (χ1) is 8.33. The van der Waals surface area contributed by atoms with Crippen LogP contribution in [0.1, 0.15) is 43.4 Å². The Balaban J connectivity index is 1.58. The molecule has 17 heavy (non-hydrogen) atoms. The Labute approximate surface area is 103 Å². The fourth-order valence-electron chi connectivity index (χ4n) is 2.50. The maximum Gasteiger partial charge on any atom is 0.122 e. The van der Waals surface area contributed by atoms with Gasteiger partial charge in [-0.15, -0.1) is 0 Å². The van der Waals surface area contributed by atoms with Crippen LogP contribution in [0.4, 0.5) is 0 Å². The normalized spacial score (nSPS) is 19.8. The van der Waals surface area contributed by atoms with E-state index >= 15 is 0 Å².